The monoisotopic (exact) mass is 219 g/mol. The van der Waals surface area contributed by atoms with Gasteiger partial charge in [0.05, 0.1) is 7.11 Å². The smallest absolute Gasteiger partial charge is 0.203 e. The molecule has 2 nitrogen and oxygen atoms in total. The zero-order valence-corrected chi connectivity index (χ0v) is 8.53. The molecular weight excluding hydrogens is 207 g/mol. The van der Waals surface area contributed by atoms with Crippen molar-refractivity contribution in [2.75, 3.05) is 20.7 Å². The first-order valence-electron chi connectivity index (χ1n) is 4.46. The van der Waals surface area contributed by atoms with E-state index in [1.807, 2.05) is 0 Å². The van der Waals surface area contributed by atoms with E-state index in [4.69, 9.17) is 0 Å². The fourth-order valence-electron chi connectivity index (χ4n) is 1.25. The molecule has 1 aromatic carbocycles. The van der Waals surface area contributed by atoms with Gasteiger partial charge in [-0.05, 0) is 31.6 Å². The summed E-state index contributed by atoms with van der Waals surface area (Å²) < 4.78 is 43.9. The van der Waals surface area contributed by atoms with E-state index in [1.165, 1.54) is 0 Å². The van der Waals surface area contributed by atoms with E-state index in [2.05, 4.69) is 10.1 Å². The SMILES string of the molecule is CNCCc1cc(F)c(F)c(OC)c1F. The molecule has 0 aliphatic rings. The zero-order valence-electron chi connectivity index (χ0n) is 8.53. The minimum atomic E-state index is -1.29. The van der Waals surface area contributed by atoms with Gasteiger partial charge in [0.25, 0.3) is 0 Å². The number of benzene rings is 1. The first-order valence-corrected chi connectivity index (χ1v) is 4.46. The number of hydrogen-bond acceptors (Lipinski definition) is 2. The van der Waals surface area contributed by atoms with Gasteiger partial charge in [0.15, 0.2) is 17.4 Å². The first kappa shape index (κ1) is 11.8. The summed E-state index contributed by atoms with van der Waals surface area (Å²) in [5.74, 6) is -3.89. The first-order chi connectivity index (χ1) is 7.11. The van der Waals surface area contributed by atoms with Gasteiger partial charge >= 0.3 is 0 Å². The van der Waals surface area contributed by atoms with E-state index in [1.54, 1.807) is 7.05 Å². The molecule has 0 saturated heterocycles. The Morgan fingerprint density at radius 3 is 2.47 bits per heavy atom. The summed E-state index contributed by atoms with van der Waals surface area (Å²) in [5, 5.41) is 2.79. The molecule has 1 rings (SSSR count). The Bertz CT molecular complexity index is 355. The second-order valence-corrected chi connectivity index (χ2v) is 3.03. The highest BCUT2D eigenvalue weighted by molar-refractivity contribution is 5.34. The van der Waals surface area contributed by atoms with Crippen molar-refractivity contribution in [3.63, 3.8) is 0 Å². The van der Waals surface area contributed by atoms with Crippen molar-refractivity contribution in [2.45, 2.75) is 6.42 Å². The molecule has 0 atom stereocenters. The maximum Gasteiger partial charge on any atom is 0.203 e. The number of rotatable bonds is 4. The van der Waals surface area contributed by atoms with Crippen molar-refractivity contribution in [3.8, 4) is 5.75 Å². The quantitative estimate of drug-likeness (QED) is 0.780. The van der Waals surface area contributed by atoms with Crippen LogP contribution in [-0.2, 0) is 6.42 Å². The number of hydrogen-bond donors (Lipinski definition) is 1. The normalized spacial score (nSPS) is 10.5. The van der Waals surface area contributed by atoms with Crippen molar-refractivity contribution in [2.24, 2.45) is 0 Å². The molecule has 0 heterocycles. The van der Waals surface area contributed by atoms with Gasteiger partial charge in [-0.1, -0.05) is 0 Å². The number of ether oxygens (including phenoxy) is 1. The molecule has 0 radical (unpaired) electrons. The summed E-state index contributed by atoms with van der Waals surface area (Å²) in [4.78, 5) is 0. The van der Waals surface area contributed by atoms with Crippen molar-refractivity contribution in [1.29, 1.82) is 0 Å². The lowest BCUT2D eigenvalue weighted by Crippen LogP contribution is -2.12. The average Bonchev–Trinajstić information content (AvgIpc) is 2.22. The lowest BCUT2D eigenvalue weighted by Gasteiger charge is -2.09. The molecule has 0 aliphatic heterocycles. The summed E-state index contributed by atoms with van der Waals surface area (Å²) in [6.45, 7) is 0.477. The fourth-order valence-corrected chi connectivity index (χ4v) is 1.25. The molecule has 84 valence electrons. The minimum Gasteiger partial charge on any atom is -0.491 e. The Morgan fingerprint density at radius 1 is 1.27 bits per heavy atom. The van der Waals surface area contributed by atoms with Crippen LogP contribution in [0.15, 0.2) is 6.07 Å². The van der Waals surface area contributed by atoms with Crippen LogP contribution in [0.1, 0.15) is 5.56 Å². The second kappa shape index (κ2) is 5.02. The van der Waals surface area contributed by atoms with Gasteiger partial charge in [0.1, 0.15) is 0 Å². The Labute approximate surface area is 86.1 Å². The molecule has 0 aromatic heterocycles. The minimum absolute atomic E-state index is 0.0973. The van der Waals surface area contributed by atoms with E-state index in [-0.39, 0.29) is 12.0 Å². The number of halogens is 3. The van der Waals surface area contributed by atoms with Gasteiger partial charge in [0, 0.05) is 0 Å². The topological polar surface area (TPSA) is 21.3 Å². The Balaban J connectivity index is 3.12. The maximum atomic E-state index is 13.5. The Kier molecular flexibility index (Phi) is 3.96. The number of methoxy groups -OCH3 is 1. The molecule has 0 spiro atoms. The summed E-state index contributed by atoms with van der Waals surface area (Å²) in [6, 6.07) is 0.852. The predicted octanol–water partition coefficient (Wildman–Crippen LogP) is 1.87. The van der Waals surface area contributed by atoms with E-state index < -0.39 is 23.2 Å². The maximum absolute atomic E-state index is 13.5. The number of nitrogens with one attached hydrogen (secondary N) is 1. The second-order valence-electron chi connectivity index (χ2n) is 3.03. The standard InChI is InChI=1S/C10H12F3NO/c1-14-4-3-6-5-7(11)9(13)10(15-2)8(6)12/h5,14H,3-4H2,1-2H3. The van der Waals surface area contributed by atoms with Crippen LogP contribution in [0.25, 0.3) is 0 Å². The average molecular weight is 219 g/mol. The predicted molar refractivity (Wildman–Crippen MR) is 50.5 cm³/mol. The molecule has 0 unspecified atom stereocenters. The van der Waals surface area contributed by atoms with Gasteiger partial charge in [-0.3, -0.25) is 0 Å². The van der Waals surface area contributed by atoms with Crippen LogP contribution in [-0.4, -0.2) is 20.7 Å². The van der Waals surface area contributed by atoms with Gasteiger partial charge in [-0.2, -0.15) is 4.39 Å². The Hall–Kier alpha value is -1.23. The highest BCUT2D eigenvalue weighted by atomic mass is 19.2. The molecular formula is C10H12F3NO. The van der Waals surface area contributed by atoms with Gasteiger partial charge < -0.3 is 10.1 Å². The molecule has 0 saturated carbocycles. The molecule has 0 aliphatic carbocycles. The van der Waals surface area contributed by atoms with Crippen LogP contribution in [0.4, 0.5) is 13.2 Å². The summed E-state index contributed by atoms with van der Waals surface area (Å²) in [7, 11) is 2.79. The summed E-state index contributed by atoms with van der Waals surface area (Å²) in [5.41, 5.74) is 0.0973. The molecule has 1 aromatic rings. The van der Waals surface area contributed by atoms with Crippen LogP contribution in [0.2, 0.25) is 0 Å². The molecule has 1 N–H and O–H groups in total. The third-order valence-electron chi connectivity index (χ3n) is 2.04. The molecule has 0 fully saturated rings. The van der Waals surface area contributed by atoms with Gasteiger partial charge in [-0.15, -0.1) is 0 Å². The van der Waals surface area contributed by atoms with Crippen LogP contribution >= 0.6 is 0 Å². The third kappa shape index (κ3) is 2.41. The van der Waals surface area contributed by atoms with Crippen molar-refractivity contribution < 1.29 is 17.9 Å². The van der Waals surface area contributed by atoms with Gasteiger partial charge in [0.2, 0.25) is 5.82 Å². The molecule has 0 bridgehead atoms. The summed E-state index contributed by atoms with van der Waals surface area (Å²) >= 11 is 0. The van der Waals surface area contributed by atoms with Gasteiger partial charge in [-0.25, -0.2) is 8.78 Å². The van der Waals surface area contributed by atoms with Crippen LogP contribution in [0, 0.1) is 17.5 Å². The third-order valence-corrected chi connectivity index (χ3v) is 2.04. The number of likely N-dealkylation sites (N-methyl/N-ethyl adjacent to an activating group) is 1. The van der Waals surface area contributed by atoms with Crippen LogP contribution < -0.4 is 10.1 Å². The Morgan fingerprint density at radius 2 is 1.93 bits per heavy atom. The molecule has 5 heteroatoms. The van der Waals surface area contributed by atoms with E-state index >= 15 is 0 Å². The molecule has 0 amide bonds. The van der Waals surface area contributed by atoms with E-state index in [0.29, 0.717) is 6.54 Å². The largest absolute Gasteiger partial charge is 0.491 e. The van der Waals surface area contributed by atoms with Crippen LogP contribution in [0.5, 0.6) is 5.75 Å². The van der Waals surface area contributed by atoms with E-state index in [9.17, 15) is 13.2 Å². The van der Waals surface area contributed by atoms with Crippen molar-refractivity contribution in [1.82, 2.24) is 5.32 Å². The fraction of sp³-hybridized carbons (Fsp3) is 0.400. The van der Waals surface area contributed by atoms with Crippen molar-refractivity contribution >= 4 is 0 Å². The van der Waals surface area contributed by atoms with Crippen LogP contribution in [0.3, 0.4) is 0 Å². The summed E-state index contributed by atoms with van der Waals surface area (Å²) in [6.07, 6.45) is 0.274. The highest BCUT2D eigenvalue weighted by Crippen LogP contribution is 2.26. The zero-order chi connectivity index (χ0) is 11.4. The highest BCUT2D eigenvalue weighted by Gasteiger charge is 2.18. The van der Waals surface area contributed by atoms with Crippen molar-refractivity contribution in [3.05, 3.63) is 29.1 Å². The molecule has 15 heavy (non-hydrogen) atoms. The van der Waals surface area contributed by atoms with E-state index in [0.717, 1.165) is 13.2 Å². The lowest BCUT2D eigenvalue weighted by atomic mass is 10.1. The lowest BCUT2D eigenvalue weighted by molar-refractivity contribution is 0.344.